The van der Waals surface area contributed by atoms with Gasteiger partial charge in [-0.15, -0.1) is 0 Å². The van der Waals surface area contributed by atoms with Crippen LogP contribution in [0.2, 0.25) is 0 Å². The summed E-state index contributed by atoms with van der Waals surface area (Å²) in [5, 5.41) is 14.6. The average Bonchev–Trinajstić information content (AvgIpc) is 3.20. The molecule has 0 spiro atoms. The molecule has 186 valence electrons. The van der Waals surface area contributed by atoms with E-state index < -0.39 is 18.2 Å². The van der Waals surface area contributed by atoms with Crippen LogP contribution in [-0.4, -0.2) is 56.0 Å². The maximum atomic E-state index is 12.7. The van der Waals surface area contributed by atoms with E-state index in [0.717, 1.165) is 30.4 Å². The second kappa shape index (κ2) is 11.4. The van der Waals surface area contributed by atoms with Crippen LogP contribution >= 0.6 is 0 Å². The van der Waals surface area contributed by atoms with E-state index in [2.05, 4.69) is 34.9 Å². The number of fused-ring (bicyclic) bond motifs is 3. The van der Waals surface area contributed by atoms with E-state index in [1.54, 1.807) is 0 Å². The lowest BCUT2D eigenvalue weighted by atomic mass is 9.78. The maximum Gasteiger partial charge on any atom is 0.407 e. The first-order valence-corrected chi connectivity index (χ1v) is 12.1. The molecular weight excluding hydrogens is 448 g/mol. The predicted octanol–water partition coefficient (Wildman–Crippen LogP) is 3.55. The Morgan fingerprint density at radius 1 is 0.971 bits per heavy atom. The van der Waals surface area contributed by atoms with E-state index >= 15 is 0 Å². The number of hydrogen-bond donors (Lipinski definition) is 3. The first-order chi connectivity index (χ1) is 17.0. The summed E-state index contributed by atoms with van der Waals surface area (Å²) in [5.41, 5.74) is 4.65. The van der Waals surface area contributed by atoms with E-state index in [-0.39, 0.29) is 36.8 Å². The van der Waals surface area contributed by atoms with Crippen LogP contribution in [0, 0.1) is 11.8 Å². The fourth-order valence-corrected chi connectivity index (χ4v) is 5.26. The van der Waals surface area contributed by atoms with Crippen molar-refractivity contribution in [3.8, 4) is 11.1 Å². The standard InChI is InChI=1S/C27H32N2O6/c1-34-24(26(31)32)15-28-25(30)18-9-3-2-8-17(18)14-29-27(33)35-16-23-21-12-6-4-10-19(21)20-11-5-7-13-22(20)23/h4-7,10-13,17-18,23-24H,2-3,8-9,14-16H2,1H3,(H,28,30)(H,29,33)(H,31,32)/t17-,18-,24?/m1/s1. The molecule has 2 aliphatic rings. The van der Waals surface area contributed by atoms with Crippen molar-refractivity contribution in [2.45, 2.75) is 37.7 Å². The second-order valence-electron chi connectivity index (χ2n) is 9.17. The van der Waals surface area contributed by atoms with Gasteiger partial charge in [0.2, 0.25) is 5.91 Å². The van der Waals surface area contributed by atoms with Gasteiger partial charge in [-0.25, -0.2) is 9.59 Å². The number of alkyl carbamates (subject to hydrolysis) is 1. The zero-order chi connectivity index (χ0) is 24.8. The number of benzene rings is 2. The van der Waals surface area contributed by atoms with Gasteiger partial charge in [-0.3, -0.25) is 4.79 Å². The zero-order valence-electron chi connectivity index (χ0n) is 19.9. The molecule has 0 heterocycles. The van der Waals surface area contributed by atoms with Gasteiger partial charge in [0.05, 0.1) is 6.54 Å². The fourth-order valence-electron chi connectivity index (χ4n) is 5.26. The number of hydrogen-bond acceptors (Lipinski definition) is 5. The van der Waals surface area contributed by atoms with Gasteiger partial charge in [-0.1, -0.05) is 61.4 Å². The van der Waals surface area contributed by atoms with Gasteiger partial charge in [0.25, 0.3) is 0 Å². The van der Waals surface area contributed by atoms with Crippen LogP contribution in [0.5, 0.6) is 0 Å². The van der Waals surface area contributed by atoms with Gasteiger partial charge < -0.3 is 25.2 Å². The van der Waals surface area contributed by atoms with Crippen molar-refractivity contribution in [1.29, 1.82) is 0 Å². The summed E-state index contributed by atoms with van der Waals surface area (Å²) in [7, 11) is 1.30. The molecular formula is C27H32N2O6. The lowest BCUT2D eigenvalue weighted by molar-refractivity contribution is -0.148. The fraction of sp³-hybridized carbons (Fsp3) is 0.444. The Bertz CT molecular complexity index is 1030. The topological polar surface area (TPSA) is 114 Å². The summed E-state index contributed by atoms with van der Waals surface area (Å²) in [6.45, 7) is 0.483. The van der Waals surface area contributed by atoms with Crippen molar-refractivity contribution in [3.63, 3.8) is 0 Å². The van der Waals surface area contributed by atoms with Crippen molar-refractivity contribution in [2.75, 3.05) is 26.8 Å². The summed E-state index contributed by atoms with van der Waals surface area (Å²) in [5.74, 6) is -1.65. The Morgan fingerprint density at radius 3 is 2.23 bits per heavy atom. The lowest BCUT2D eigenvalue weighted by Crippen LogP contribution is -2.45. The van der Waals surface area contributed by atoms with Crippen LogP contribution in [0.1, 0.15) is 42.7 Å². The molecule has 0 radical (unpaired) electrons. The Balaban J connectivity index is 1.30. The molecule has 2 amide bonds. The Kier molecular flexibility index (Phi) is 8.02. The summed E-state index contributed by atoms with van der Waals surface area (Å²) in [6.07, 6.45) is 1.84. The predicted molar refractivity (Wildman–Crippen MR) is 130 cm³/mol. The molecule has 8 heteroatoms. The van der Waals surface area contributed by atoms with Crippen molar-refractivity contribution in [2.24, 2.45) is 11.8 Å². The molecule has 2 aliphatic carbocycles. The molecule has 0 aliphatic heterocycles. The molecule has 2 aromatic carbocycles. The Morgan fingerprint density at radius 2 is 1.60 bits per heavy atom. The third-order valence-electron chi connectivity index (χ3n) is 7.12. The number of rotatable bonds is 9. The highest BCUT2D eigenvalue weighted by molar-refractivity contribution is 5.81. The van der Waals surface area contributed by atoms with Gasteiger partial charge in [-0.2, -0.15) is 0 Å². The molecule has 8 nitrogen and oxygen atoms in total. The minimum absolute atomic E-state index is 0.00989. The number of ether oxygens (including phenoxy) is 2. The molecule has 0 aromatic heterocycles. The zero-order valence-corrected chi connectivity index (χ0v) is 19.9. The highest BCUT2D eigenvalue weighted by Gasteiger charge is 2.33. The highest BCUT2D eigenvalue weighted by atomic mass is 16.5. The molecule has 1 fully saturated rings. The highest BCUT2D eigenvalue weighted by Crippen LogP contribution is 2.44. The summed E-state index contributed by atoms with van der Waals surface area (Å²) in [6, 6.07) is 16.4. The summed E-state index contributed by atoms with van der Waals surface area (Å²) >= 11 is 0. The normalized spacial score (nSPS) is 19.8. The van der Waals surface area contributed by atoms with E-state index in [1.165, 1.54) is 18.2 Å². The van der Waals surface area contributed by atoms with Gasteiger partial charge in [0.1, 0.15) is 6.61 Å². The number of aliphatic carboxylic acids is 1. The minimum atomic E-state index is -1.12. The van der Waals surface area contributed by atoms with Crippen molar-refractivity contribution in [3.05, 3.63) is 59.7 Å². The molecule has 3 atom stereocenters. The van der Waals surface area contributed by atoms with Gasteiger partial charge in [0, 0.05) is 25.5 Å². The first-order valence-electron chi connectivity index (χ1n) is 12.1. The summed E-state index contributed by atoms with van der Waals surface area (Å²) in [4.78, 5) is 36.4. The molecule has 4 rings (SSSR count). The van der Waals surface area contributed by atoms with E-state index in [4.69, 9.17) is 14.6 Å². The minimum Gasteiger partial charge on any atom is -0.479 e. The number of carbonyl (C=O) groups excluding carboxylic acids is 2. The monoisotopic (exact) mass is 480 g/mol. The molecule has 2 aromatic rings. The number of carboxylic acids is 1. The molecule has 1 saturated carbocycles. The smallest absolute Gasteiger partial charge is 0.407 e. The van der Waals surface area contributed by atoms with Crippen LogP contribution in [0.25, 0.3) is 11.1 Å². The van der Waals surface area contributed by atoms with E-state index in [1.807, 2.05) is 24.3 Å². The number of amides is 2. The third-order valence-corrected chi connectivity index (χ3v) is 7.12. The first kappa shape index (κ1) is 24.7. The lowest BCUT2D eigenvalue weighted by Gasteiger charge is -2.31. The van der Waals surface area contributed by atoms with Crippen LogP contribution in [-0.2, 0) is 19.1 Å². The second-order valence-corrected chi connectivity index (χ2v) is 9.17. The van der Waals surface area contributed by atoms with Crippen LogP contribution in [0.3, 0.4) is 0 Å². The maximum absolute atomic E-state index is 12.7. The van der Waals surface area contributed by atoms with Crippen LogP contribution < -0.4 is 10.6 Å². The largest absolute Gasteiger partial charge is 0.479 e. The SMILES string of the molecule is COC(CNC(=O)[C@@H]1CCCC[C@@H]1CNC(=O)OCC1c2ccccc2-c2ccccc21)C(=O)O. The van der Waals surface area contributed by atoms with Crippen molar-refractivity contribution >= 4 is 18.0 Å². The van der Waals surface area contributed by atoms with E-state index in [9.17, 15) is 14.4 Å². The van der Waals surface area contributed by atoms with Crippen molar-refractivity contribution < 1.29 is 29.0 Å². The molecule has 0 saturated heterocycles. The Labute approximate surface area is 205 Å². The Hall–Kier alpha value is -3.39. The number of nitrogens with one attached hydrogen (secondary N) is 2. The molecule has 0 bridgehead atoms. The quantitative estimate of drug-likeness (QED) is 0.506. The summed E-state index contributed by atoms with van der Waals surface area (Å²) < 4.78 is 10.5. The number of methoxy groups -OCH3 is 1. The van der Waals surface area contributed by atoms with Crippen LogP contribution in [0.4, 0.5) is 4.79 Å². The van der Waals surface area contributed by atoms with E-state index in [0.29, 0.717) is 13.0 Å². The third kappa shape index (κ3) is 5.65. The average molecular weight is 481 g/mol. The van der Waals surface area contributed by atoms with Crippen LogP contribution in [0.15, 0.2) is 48.5 Å². The van der Waals surface area contributed by atoms with Gasteiger partial charge >= 0.3 is 12.1 Å². The molecule has 3 N–H and O–H groups in total. The number of carboxylic acid groups (broad SMARTS) is 1. The van der Waals surface area contributed by atoms with Gasteiger partial charge in [-0.05, 0) is 41.0 Å². The molecule has 1 unspecified atom stereocenters. The number of carbonyl (C=O) groups is 3. The van der Waals surface area contributed by atoms with Gasteiger partial charge in [0.15, 0.2) is 6.10 Å². The van der Waals surface area contributed by atoms with Crippen molar-refractivity contribution in [1.82, 2.24) is 10.6 Å². The molecule has 35 heavy (non-hydrogen) atoms.